The molecule has 0 aliphatic rings. The molecule has 0 bridgehead atoms. The van der Waals surface area contributed by atoms with Crippen LogP contribution in [0.4, 0.5) is 5.69 Å². The highest BCUT2D eigenvalue weighted by Gasteiger charge is 1.98. The second-order valence-electron chi connectivity index (χ2n) is 2.68. The van der Waals surface area contributed by atoms with Crippen molar-refractivity contribution in [1.82, 2.24) is 0 Å². The fourth-order valence-corrected chi connectivity index (χ4v) is 1.11. The molecule has 3 heteroatoms. The van der Waals surface area contributed by atoms with Gasteiger partial charge in [-0.15, -0.1) is 0 Å². The minimum Gasteiger partial charge on any atom is -0.398 e. The third-order valence-electron chi connectivity index (χ3n) is 1.65. The van der Waals surface area contributed by atoms with Crippen molar-refractivity contribution in [1.29, 1.82) is 0 Å². The van der Waals surface area contributed by atoms with Crippen LogP contribution in [0.2, 0.25) is 0 Å². The SMILES string of the molecule is Cc1ccc(N)c(COCS)c1. The number of nitrogen functional groups attached to an aromatic ring is 1. The Morgan fingerprint density at radius 1 is 1.50 bits per heavy atom. The molecule has 0 aliphatic carbocycles. The molecule has 0 radical (unpaired) electrons. The lowest BCUT2D eigenvalue weighted by Gasteiger charge is -2.05. The molecule has 12 heavy (non-hydrogen) atoms. The predicted octanol–water partition coefficient (Wildman–Crippen LogP) is 1.98. The van der Waals surface area contributed by atoms with Crippen molar-refractivity contribution in [3.05, 3.63) is 29.3 Å². The van der Waals surface area contributed by atoms with Crippen LogP contribution in [0.25, 0.3) is 0 Å². The van der Waals surface area contributed by atoms with Crippen molar-refractivity contribution < 1.29 is 4.74 Å². The van der Waals surface area contributed by atoms with Crippen LogP contribution in [0.1, 0.15) is 11.1 Å². The Morgan fingerprint density at radius 2 is 2.25 bits per heavy atom. The third-order valence-corrected chi connectivity index (χ3v) is 1.83. The molecular weight excluding hydrogens is 170 g/mol. The van der Waals surface area contributed by atoms with Crippen LogP contribution in [0, 0.1) is 6.92 Å². The third kappa shape index (κ3) is 2.43. The van der Waals surface area contributed by atoms with E-state index in [1.54, 1.807) is 0 Å². The molecule has 66 valence electrons. The molecule has 1 rings (SSSR count). The zero-order chi connectivity index (χ0) is 8.97. The topological polar surface area (TPSA) is 35.2 Å². The number of rotatable bonds is 3. The van der Waals surface area contributed by atoms with E-state index in [1.807, 2.05) is 25.1 Å². The van der Waals surface area contributed by atoms with E-state index in [9.17, 15) is 0 Å². The minimum atomic E-state index is 0.424. The lowest BCUT2D eigenvalue weighted by Crippen LogP contribution is -1.97. The molecule has 0 aliphatic heterocycles. The largest absolute Gasteiger partial charge is 0.398 e. The first-order valence-electron chi connectivity index (χ1n) is 3.77. The molecule has 0 spiro atoms. The molecule has 2 N–H and O–H groups in total. The van der Waals surface area contributed by atoms with E-state index in [1.165, 1.54) is 5.56 Å². The average molecular weight is 183 g/mol. The van der Waals surface area contributed by atoms with E-state index in [-0.39, 0.29) is 0 Å². The van der Waals surface area contributed by atoms with Crippen LogP contribution in [0.5, 0.6) is 0 Å². The molecule has 0 amide bonds. The van der Waals surface area contributed by atoms with Gasteiger partial charge in [0.15, 0.2) is 0 Å². The number of hydrogen-bond donors (Lipinski definition) is 2. The molecule has 0 heterocycles. The molecule has 2 nitrogen and oxygen atoms in total. The number of anilines is 1. The molecule has 0 saturated heterocycles. The molecule has 0 atom stereocenters. The predicted molar refractivity (Wildman–Crippen MR) is 54.2 cm³/mol. The minimum absolute atomic E-state index is 0.424. The smallest absolute Gasteiger partial charge is 0.0897 e. The molecule has 0 aromatic heterocycles. The second kappa shape index (κ2) is 4.38. The Labute approximate surface area is 78.1 Å². The average Bonchev–Trinajstić information content (AvgIpc) is 2.07. The van der Waals surface area contributed by atoms with E-state index in [2.05, 4.69) is 12.6 Å². The monoisotopic (exact) mass is 183 g/mol. The molecule has 1 aromatic carbocycles. The lowest BCUT2D eigenvalue weighted by molar-refractivity contribution is 0.170. The van der Waals surface area contributed by atoms with Crippen LogP contribution >= 0.6 is 12.6 Å². The van der Waals surface area contributed by atoms with Crippen molar-refractivity contribution in [3.8, 4) is 0 Å². The Balaban J connectivity index is 2.75. The summed E-state index contributed by atoms with van der Waals surface area (Å²) in [5, 5.41) is 0. The Bertz CT molecular complexity index is 263. The van der Waals surface area contributed by atoms with E-state index < -0.39 is 0 Å². The van der Waals surface area contributed by atoms with Gasteiger partial charge in [-0.05, 0) is 13.0 Å². The molecule has 0 unspecified atom stereocenters. The summed E-state index contributed by atoms with van der Waals surface area (Å²) < 4.78 is 5.14. The number of aryl methyl sites for hydroxylation is 1. The van der Waals surface area contributed by atoms with Gasteiger partial charge in [-0.25, -0.2) is 0 Å². The Kier molecular flexibility index (Phi) is 3.44. The van der Waals surface area contributed by atoms with Gasteiger partial charge in [-0.3, -0.25) is 0 Å². The molecular formula is C9H13NOS. The summed E-state index contributed by atoms with van der Waals surface area (Å²) in [6.45, 7) is 2.57. The van der Waals surface area contributed by atoms with Crippen molar-refractivity contribution in [2.24, 2.45) is 0 Å². The summed E-state index contributed by atoms with van der Waals surface area (Å²) in [5.41, 5.74) is 8.73. The number of benzene rings is 1. The Hall–Kier alpha value is -0.670. The summed E-state index contributed by atoms with van der Waals surface area (Å²) in [4.78, 5) is 0. The summed E-state index contributed by atoms with van der Waals surface area (Å²) in [5.74, 6) is 0.424. The highest BCUT2D eigenvalue weighted by atomic mass is 32.1. The van der Waals surface area contributed by atoms with Gasteiger partial charge in [0.25, 0.3) is 0 Å². The van der Waals surface area contributed by atoms with Gasteiger partial charge < -0.3 is 10.5 Å². The zero-order valence-corrected chi connectivity index (χ0v) is 7.97. The van der Waals surface area contributed by atoms with Gasteiger partial charge in [0.2, 0.25) is 0 Å². The lowest BCUT2D eigenvalue weighted by atomic mass is 10.1. The van der Waals surface area contributed by atoms with E-state index in [0.717, 1.165) is 11.3 Å². The molecule has 0 fully saturated rings. The van der Waals surface area contributed by atoms with Crippen molar-refractivity contribution >= 4 is 18.3 Å². The van der Waals surface area contributed by atoms with Crippen LogP contribution in [-0.2, 0) is 11.3 Å². The molecule has 0 saturated carbocycles. The van der Waals surface area contributed by atoms with Crippen LogP contribution in [-0.4, -0.2) is 5.94 Å². The first-order chi connectivity index (χ1) is 5.74. The van der Waals surface area contributed by atoms with E-state index in [4.69, 9.17) is 10.5 Å². The van der Waals surface area contributed by atoms with Crippen molar-refractivity contribution in [2.75, 3.05) is 11.7 Å². The Morgan fingerprint density at radius 3 is 2.92 bits per heavy atom. The highest BCUT2D eigenvalue weighted by molar-refractivity contribution is 7.80. The van der Waals surface area contributed by atoms with E-state index >= 15 is 0 Å². The quantitative estimate of drug-likeness (QED) is 0.427. The number of thiol groups is 1. The first-order valence-corrected chi connectivity index (χ1v) is 4.41. The van der Waals surface area contributed by atoms with Gasteiger partial charge in [0, 0.05) is 11.3 Å². The molecule has 1 aromatic rings. The number of hydrogen-bond acceptors (Lipinski definition) is 3. The first kappa shape index (κ1) is 9.42. The maximum absolute atomic E-state index is 5.73. The van der Waals surface area contributed by atoms with Gasteiger partial charge in [-0.1, -0.05) is 17.7 Å². The summed E-state index contributed by atoms with van der Waals surface area (Å²) >= 11 is 3.95. The number of nitrogens with two attached hydrogens (primary N) is 1. The second-order valence-corrected chi connectivity index (χ2v) is 2.94. The van der Waals surface area contributed by atoms with Crippen LogP contribution in [0.15, 0.2) is 18.2 Å². The van der Waals surface area contributed by atoms with Crippen molar-refractivity contribution in [2.45, 2.75) is 13.5 Å². The number of ether oxygens (including phenoxy) is 1. The zero-order valence-electron chi connectivity index (χ0n) is 7.08. The van der Waals surface area contributed by atoms with Crippen LogP contribution in [0.3, 0.4) is 0 Å². The summed E-state index contributed by atoms with van der Waals surface area (Å²) in [6.07, 6.45) is 0. The fourth-order valence-electron chi connectivity index (χ4n) is 1.02. The van der Waals surface area contributed by atoms with Crippen LogP contribution < -0.4 is 5.73 Å². The normalized spacial score (nSPS) is 10.2. The summed E-state index contributed by atoms with van der Waals surface area (Å²) in [7, 11) is 0. The maximum atomic E-state index is 5.73. The van der Waals surface area contributed by atoms with Crippen molar-refractivity contribution in [3.63, 3.8) is 0 Å². The fraction of sp³-hybridized carbons (Fsp3) is 0.333. The van der Waals surface area contributed by atoms with Gasteiger partial charge in [0.05, 0.1) is 12.5 Å². The standard InChI is InChI=1S/C9H13NOS/c1-7-2-3-9(10)8(4-7)5-11-6-12/h2-4,12H,5-6,10H2,1H3. The maximum Gasteiger partial charge on any atom is 0.0897 e. The highest BCUT2D eigenvalue weighted by Crippen LogP contribution is 2.14. The summed E-state index contributed by atoms with van der Waals surface area (Å²) in [6, 6.07) is 5.91. The van der Waals surface area contributed by atoms with Gasteiger partial charge in [-0.2, -0.15) is 12.6 Å². The van der Waals surface area contributed by atoms with E-state index in [0.29, 0.717) is 12.5 Å². The van der Waals surface area contributed by atoms with Gasteiger partial charge >= 0.3 is 0 Å². The van der Waals surface area contributed by atoms with Gasteiger partial charge in [0.1, 0.15) is 0 Å².